The Hall–Kier alpha value is -0.920. The van der Waals surface area contributed by atoms with Crippen LogP contribution in [0.25, 0.3) is 0 Å². The average Bonchev–Trinajstić information content (AvgIpc) is 2.37. The molecule has 0 spiro atoms. The van der Waals surface area contributed by atoms with Crippen LogP contribution in [-0.4, -0.2) is 26.0 Å². The van der Waals surface area contributed by atoms with Crippen molar-refractivity contribution in [2.24, 2.45) is 5.92 Å². The van der Waals surface area contributed by atoms with Crippen LogP contribution in [0.3, 0.4) is 0 Å². The highest BCUT2D eigenvalue weighted by atomic mass is 79.9. The lowest BCUT2D eigenvalue weighted by molar-refractivity contribution is 0.0695. The molecule has 0 unspecified atom stereocenters. The van der Waals surface area contributed by atoms with Crippen molar-refractivity contribution in [2.75, 3.05) is 6.54 Å². The lowest BCUT2D eigenvalue weighted by Crippen LogP contribution is -2.25. The van der Waals surface area contributed by atoms with Crippen LogP contribution in [0, 0.1) is 12.8 Å². The van der Waals surface area contributed by atoms with E-state index in [-0.39, 0.29) is 10.5 Å². The van der Waals surface area contributed by atoms with Gasteiger partial charge in [-0.3, -0.25) is 0 Å². The smallest absolute Gasteiger partial charge is 0.336 e. The highest BCUT2D eigenvalue weighted by Crippen LogP contribution is 2.25. The van der Waals surface area contributed by atoms with Gasteiger partial charge in [0.05, 0.1) is 10.5 Å². The molecule has 1 aromatic carbocycles. The van der Waals surface area contributed by atoms with E-state index in [1.807, 2.05) is 0 Å². The first-order chi connectivity index (χ1) is 9.65. The number of carboxylic acid groups (broad SMARTS) is 1. The van der Waals surface area contributed by atoms with Gasteiger partial charge in [0.15, 0.2) is 0 Å². The summed E-state index contributed by atoms with van der Waals surface area (Å²) < 4.78 is 27.3. The molecule has 0 aliphatic heterocycles. The number of rotatable bonds is 7. The fraction of sp³-hybridized carbons (Fsp3) is 0.500. The Morgan fingerprint density at radius 2 is 2.00 bits per heavy atom. The van der Waals surface area contributed by atoms with Crippen molar-refractivity contribution in [3.63, 3.8) is 0 Å². The van der Waals surface area contributed by atoms with Gasteiger partial charge in [0.25, 0.3) is 0 Å². The van der Waals surface area contributed by atoms with E-state index in [0.29, 0.717) is 22.5 Å². The second-order valence-electron chi connectivity index (χ2n) is 5.32. The summed E-state index contributed by atoms with van der Waals surface area (Å²) in [5, 5.41) is 9.12. The zero-order valence-electron chi connectivity index (χ0n) is 12.3. The standard InChI is InChI=1S/C14H20BrNO4S/c1-9(2)5-4-6-16-21(19,20)11-7-12(14(17)18)10(3)13(15)8-11/h7-9,16H,4-6H2,1-3H3,(H,17,18). The molecule has 1 rings (SSSR count). The summed E-state index contributed by atoms with van der Waals surface area (Å²) >= 11 is 3.20. The molecule has 5 nitrogen and oxygen atoms in total. The first-order valence-corrected chi connectivity index (χ1v) is 8.96. The molecule has 0 fully saturated rings. The Bertz CT molecular complexity index is 626. The van der Waals surface area contributed by atoms with E-state index in [2.05, 4.69) is 34.5 Å². The average molecular weight is 378 g/mol. The van der Waals surface area contributed by atoms with Crippen LogP contribution < -0.4 is 4.72 Å². The van der Waals surface area contributed by atoms with Crippen molar-refractivity contribution in [3.8, 4) is 0 Å². The van der Waals surface area contributed by atoms with Crippen LogP contribution in [0.2, 0.25) is 0 Å². The molecule has 0 bridgehead atoms. The minimum Gasteiger partial charge on any atom is -0.478 e. The number of nitrogens with one attached hydrogen (secondary N) is 1. The molecule has 2 N–H and O–H groups in total. The molecule has 0 aromatic heterocycles. The van der Waals surface area contributed by atoms with Crippen LogP contribution in [0.5, 0.6) is 0 Å². The first kappa shape index (κ1) is 18.1. The number of benzene rings is 1. The zero-order valence-corrected chi connectivity index (χ0v) is 14.7. The van der Waals surface area contributed by atoms with Crippen LogP contribution in [0.1, 0.15) is 42.6 Å². The van der Waals surface area contributed by atoms with Crippen LogP contribution in [-0.2, 0) is 10.0 Å². The molecule has 0 aliphatic rings. The highest BCUT2D eigenvalue weighted by molar-refractivity contribution is 9.10. The molecule has 0 radical (unpaired) electrons. The quantitative estimate of drug-likeness (QED) is 0.714. The summed E-state index contributed by atoms with van der Waals surface area (Å²) in [5.74, 6) is -0.633. The lowest BCUT2D eigenvalue weighted by Gasteiger charge is -2.11. The molecule has 21 heavy (non-hydrogen) atoms. The molecular weight excluding hydrogens is 358 g/mol. The summed E-state index contributed by atoms with van der Waals surface area (Å²) in [6.45, 7) is 6.11. The van der Waals surface area contributed by atoms with Crippen molar-refractivity contribution in [1.29, 1.82) is 0 Å². The maximum Gasteiger partial charge on any atom is 0.336 e. The predicted octanol–water partition coefficient (Wildman–Crippen LogP) is 3.17. The molecule has 7 heteroatoms. The molecular formula is C14H20BrNO4S. The van der Waals surface area contributed by atoms with Crippen molar-refractivity contribution in [1.82, 2.24) is 4.72 Å². The maximum atomic E-state index is 12.2. The van der Waals surface area contributed by atoms with Gasteiger partial charge in [0.1, 0.15) is 0 Å². The summed E-state index contributed by atoms with van der Waals surface area (Å²) in [6.07, 6.45) is 1.68. The Balaban J connectivity index is 2.96. The summed E-state index contributed by atoms with van der Waals surface area (Å²) in [7, 11) is -3.70. The monoisotopic (exact) mass is 377 g/mol. The third kappa shape index (κ3) is 5.09. The fourth-order valence-corrected chi connectivity index (χ4v) is 3.57. The van der Waals surface area contributed by atoms with E-state index >= 15 is 0 Å². The molecule has 0 aliphatic carbocycles. The van der Waals surface area contributed by atoms with Gasteiger partial charge in [-0.15, -0.1) is 0 Å². The molecule has 0 saturated heterocycles. The minimum atomic E-state index is -3.70. The van der Waals surface area contributed by atoms with Gasteiger partial charge in [-0.25, -0.2) is 17.9 Å². The van der Waals surface area contributed by atoms with Crippen LogP contribution in [0.15, 0.2) is 21.5 Å². The van der Waals surface area contributed by atoms with E-state index in [4.69, 9.17) is 5.11 Å². The molecule has 1 aromatic rings. The third-order valence-corrected chi connectivity index (χ3v) is 5.37. The maximum absolute atomic E-state index is 12.2. The van der Waals surface area contributed by atoms with Gasteiger partial charge in [0, 0.05) is 11.0 Å². The Morgan fingerprint density at radius 1 is 1.38 bits per heavy atom. The molecule has 0 amide bonds. The number of halogens is 1. The molecule has 0 saturated carbocycles. The van der Waals surface area contributed by atoms with E-state index in [0.717, 1.165) is 12.8 Å². The molecule has 0 heterocycles. The van der Waals surface area contributed by atoms with Crippen LogP contribution in [0.4, 0.5) is 0 Å². The zero-order chi connectivity index (χ0) is 16.2. The summed E-state index contributed by atoms with van der Waals surface area (Å²) in [5.41, 5.74) is 0.480. The Labute approximate surface area is 133 Å². The number of aromatic carboxylic acids is 1. The number of carboxylic acids is 1. The van der Waals surface area contributed by atoms with Gasteiger partial charge in [-0.1, -0.05) is 29.8 Å². The van der Waals surface area contributed by atoms with E-state index in [9.17, 15) is 13.2 Å². The first-order valence-electron chi connectivity index (χ1n) is 6.68. The van der Waals surface area contributed by atoms with Crippen molar-refractivity contribution in [3.05, 3.63) is 27.7 Å². The molecule has 118 valence electrons. The fourth-order valence-electron chi connectivity index (χ4n) is 1.83. The summed E-state index contributed by atoms with van der Waals surface area (Å²) in [4.78, 5) is 11.1. The van der Waals surface area contributed by atoms with Gasteiger partial charge in [-0.05, 0) is 43.4 Å². The van der Waals surface area contributed by atoms with Crippen molar-refractivity contribution in [2.45, 2.75) is 38.5 Å². The predicted molar refractivity (Wildman–Crippen MR) is 85.1 cm³/mol. The summed E-state index contributed by atoms with van der Waals surface area (Å²) in [6, 6.07) is 2.61. The van der Waals surface area contributed by atoms with Crippen molar-refractivity contribution < 1.29 is 18.3 Å². The highest BCUT2D eigenvalue weighted by Gasteiger charge is 2.19. The topological polar surface area (TPSA) is 83.5 Å². The second-order valence-corrected chi connectivity index (χ2v) is 7.94. The second kappa shape index (κ2) is 7.38. The third-order valence-electron chi connectivity index (χ3n) is 3.11. The number of carbonyl (C=O) groups is 1. The normalized spacial score (nSPS) is 11.9. The number of sulfonamides is 1. The van der Waals surface area contributed by atoms with Crippen LogP contribution >= 0.6 is 15.9 Å². The minimum absolute atomic E-state index is 0.0214. The van der Waals surface area contributed by atoms with Gasteiger partial charge in [-0.2, -0.15) is 0 Å². The Kier molecular flexibility index (Phi) is 6.37. The SMILES string of the molecule is Cc1c(Br)cc(S(=O)(=O)NCCCC(C)C)cc1C(=O)O. The van der Waals surface area contributed by atoms with Gasteiger partial charge < -0.3 is 5.11 Å². The number of hydrogen-bond donors (Lipinski definition) is 2. The van der Waals surface area contributed by atoms with Crippen molar-refractivity contribution >= 4 is 31.9 Å². The molecule has 0 atom stereocenters. The Morgan fingerprint density at radius 3 is 2.52 bits per heavy atom. The van der Waals surface area contributed by atoms with E-state index < -0.39 is 16.0 Å². The number of hydrogen-bond acceptors (Lipinski definition) is 3. The van der Waals surface area contributed by atoms with Gasteiger partial charge >= 0.3 is 5.97 Å². The van der Waals surface area contributed by atoms with E-state index in [1.54, 1.807) is 6.92 Å². The largest absolute Gasteiger partial charge is 0.478 e. The van der Waals surface area contributed by atoms with E-state index in [1.165, 1.54) is 12.1 Å². The van der Waals surface area contributed by atoms with Gasteiger partial charge in [0.2, 0.25) is 10.0 Å². The lowest BCUT2D eigenvalue weighted by atomic mass is 10.1.